The summed E-state index contributed by atoms with van der Waals surface area (Å²) in [5.74, 6) is 2.54. The van der Waals surface area contributed by atoms with Crippen molar-refractivity contribution in [3.8, 4) is 0 Å². The first-order chi connectivity index (χ1) is 13.7. The Hall–Kier alpha value is -2.62. The highest BCUT2D eigenvalue weighted by molar-refractivity contribution is 14.0. The van der Waals surface area contributed by atoms with Gasteiger partial charge in [0.2, 0.25) is 0 Å². The smallest absolute Gasteiger partial charge is 0.191 e. The van der Waals surface area contributed by atoms with E-state index in [1.54, 1.807) is 0 Å². The van der Waals surface area contributed by atoms with Crippen molar-refractivity contribution in [2.45, 2.75) is 26.3 Å². The van der Waals surface area contributed by atoms with Crippen molar-refractivity contribution in [1.82, 2.24) is 25.2 Å². The van der Waals surface area contributed by atoms with Crippen LogP contribution in [0.4, 0.5) is 0 Å². The number of hydrogen-bond acceptors (Lipinski definition) is 4. The first-order valence-electron chi connectivity index (χ1n) is 9.56. The fraction of sp³-hybridized carbons (Fsp3) is 0.286. The molecule has 3 heterocycles. The molecule has 0 amide bonds. The van der Waals surface area contributed by atoms with Crippen molar-refractivity contribution in [3.05, 3.63) is 66.3 Å². The van der Waals surface area contributed by atoms with Crippen LogP contribution in [0.25, 0.3) is 16.6 Å². The van der Waals surface area contributed by atoms with Gasteiger partial charge in [-0.05, 0) is 38.1 Å². The minimum atomic E-state index is -0.000813. The van der Waals surface area contributed by atoms with E-state index < -0.39 is 0 Å². The monoisotopic (exact) mass is 504 g/mol. The minimum Gasteiger partial charge on any atom is -0.459 e. The minimum absolute atomic E-state index is 0. The van der Waals surface area contributed by atoms with Crippen LogP contribution in [-0.2, 0) is 6.42 Å². The summed E-state index contributed by atoms with van der Waals surface area (Å²) in [6, 6.07) is 16.0. The molecule has 4 aromatic rings. The van der Waals surface area contributed by atoms with Gasteiger partial charge < -0.3 is 15.1 Å². The van der Waals surface area contributed by atoms with Gasteiger partial charge in [0.25, 0.3) is 0 Å². The lowest BCUT2D eigenvalue weighted by molar-refractivity contribution is 0.488. The summed E-state index contributed by atoms with van der Waals surface area (Å²) >= 11 is 0. The van der Waals surface area contributed by atoms with Gasteiger partial charge >= 0.3 is 0 Å². The average molecular weight is 504 g/mol. The summed E-state index contributed by atoms with van der Waals surface area (Å²) in [5.41, 5.74) is 1.75. The van der Waals surface area contributed by atoms with Gasteiger partial charge in [0.15, 0.2) is 11.6 Å². The zero-order chi connectivity index (χ0) is 19.3. The predicted molar refractivity (Wildman–Crippen MR) is 126 cm³/mol. The van der Waals surface area contributed by atoms with E-state index in [9.17, 15) is 0 Å². The SMILES string of the molecule is CCNC(=NCCc1nnc2ccccn12)NC(C)c1cc2ccccc2o1.I. The normalized spacial score (nSPS) is 12.7. The number of guanidine groups is 1. The number of furan rings is 1. The van der Waals surface area contributed by atoms with Crippen molar-refractivity contribution in [1.29, 1.82) is 0 Å². The van der Waals surface area contributed by atoms with Gasteiger partial charge in [-0.2, -0.15) is 0 Å². The zero-order valence-electron chi connectivity index (χ0n) is 16.5. The van der Waals surface area contributed by atoms with Crippen LogP contribution >= 0.6 is 24.0 Å². The van der Waals surface area contributed by atoms with Crippen molar-refractivity contribution in [2.24, 2.45) is 4.99 Å². The number of fused-ring (bicyclic) bond motifs is 2. The molecule has 3 aromatic heterocycles. The van der Waals surface area contributed by atoms with E-state index in [-0.39, 0.29) is 30.0 Å². The van der Waals surface area contributed by atoms with Gasteiger partial charge in [0.05, 0.1) is 6.04 Å². The summed E-state index contributed by atoms with van der Waals surface area (Å²) in [4.78, 5) is 4.69. The second-order valence-electron chi connectivity index (χ2n) is 6.61. The van der Waals surface area contributed by atoms with E-state index in [4.69, 9.17) is 4.42 Å². The van der Waals surface area contributed by atoms with E-state index in [0.29, 0.717) is 13.0 Å². The summed E-state index contributed by atoms with van der Waals surface area (Å²) in [6.45, 7) is 5.51. The Morgan fingerprint density at radius 2 is 2.00 bits per heavy atom. The molecule has 0 saturated heterocycles. The first-order valence-corrected chi connectivity index (χ1v) is 9.56. The molecule has 29 heavy (non-hydrogen) atoms. The summed E-state index contributed by atoms with van der Waals surface area (Å²) in [7, 11) is 0. The number of aliphatic imine (C=N–C) groups is 1. The Balaban J connectivity index is 0.00000240. The standard InChI is InChI=1S/C21H24N6O.HI/c1-3-22-21(23-12-11-20-26-25-19-10-6-7-13-27(19)20)24-15(2)18-14-16-8-4-5-9-17(16)28-18;/h4-10,13-15H,3,11-12H2,1-2H3,(H2,22,23,24);1H. The van der Waals surface area contributed by atoms with Crippen LogP contribution in [0, 0.1) is 0 Å². The average Bonchev–Trinajstić information content (AvgIpc) is 3.32. The molecule has 0 bridgehead atoms. The number of nitrogens with one attached hydrogen (secondary N) is 2. The molecule has 7 nitrogen and oxygen atoms in total. The van der Waals surface area contributed by atoms with Crippen LogP contribution in [0.3, 0.4) is 0 Å². The lowest BCUT2D eigenvalue weighted by Gasteiger charge is -2.16. The largest absolute Gasteiger partial charge is 0.459 e. The molecular weight excluding hydrogens is 479 g/mol. The third-order valence-corrected chi connectivity index (χ3v) is 4.56. The molecule has 4 rings (SSSR count). The fourth-order valence-corrected chi connectivity index (χ4v) is 3.14. The topological polar surface area (TPSA) is 79.8 Å². The lowest BCUT2D eigenvalue weighted by Crippen LogP contribution is -2.38. The van der Waals surface area contributed by atoms with Gasteiger partial charge in [0.1, 0.15) is 17.2 Å². The highest BCUT2D eigenvalue weighted by Crippen LogP contribution is 2.23. The number of benzene rings is 1. The summed E-state index contributed by atoms with van der Waals surface area (Å²) in [5, 5.41) is 16.2. The third kappa shape index (κ3) is 4.87. The van der Waals surface area contributed by atoms with Crippen molar-refractivity contribution in [2.75, 3.05) is 13.1 Å². The molecule has 0 radical (unpaired) electrons. The molecule has 1 unspecified atom stereocenters. The van der Waals surface area contributed by atoms with Crippen LogP contribution in [0.5, 0.6) is 0 Å². The molecule has 8 heteroatoms. The maximum absolute atomic E-state index is 5.95. The summed E-state index contributed by atoms with van der Waals surface area (Å²) in [6.07, 6.45) is 2.68. The molecule has 1 aromatic carbocycles. The predicted octanol–water partition coefficient (Wildman–Crippen LogP) is 3.95. The number of hydrogen-bond donors (Lipinski definition) is 2. The molecule has 0 fully saturated rings. The maximum atomic E-state index is 5.95. The van der Waals surface area contributed by atoms with E-state index in [0.717, 1.165) is 40.7 Å². The molecular formula is C21H25IN6O. The van der Waals surface area contributed by atoms with Gasteiger partial charge in [-0.25, -0.2) is 0 Å². The Kier molecular flexibility index (Phi) is 7.08. The molecule has 0 aliphatic carbocycles. The van der Waals surface area contributed by atoms with Crippen molar-refractivity contribution < 1.29 is 4.42 Å². The van der Waals surface area contributed by atoms with E-state index in [1.807, 2.05) is 47.0 Å². The molecule has 0 aliphatic rings. The third-order valence-electron chi connectivity index (χ3n) is 4.56. The number of pyridine rings is 1. The zero-order valence-corrected chi connectivity index (χ0v) is 18.8. The Morgan fingerprint density at radius 1 is 1.17 bits per heavy atom. The fourth-order valence-electron chi connectivity index (χ4n) is 3.14. The van der Waals surface area contributed by atoms with Crippen LogP contribution in [0.2, 0.25) is 0 Å². The molecule has 0 saturated carbocycles. The van der Waals surface area contributed by atoms with Gasteiger partial charge in [-0.15, -0.1) is 34.2 Å². The number of halogens is 1. The van der Waals surface area contributed by atoms with E-state index in [1.165, 1.54) is 0 Å². The van der Waals surface area contributed by atoms with Crippen molar-refractivity contribution >= 4 is 46.6 Å². The molecule has 0 spiro atoms. The van der Waals surface area contributed by atoms with Crippen LogP contribution in [0.1, 0.15) is 31.5 Å². The molecule has 2 N–H and O–H groups in total. The van der Waals surface area contributed by atoms with Gasteiger partial charge in [-0.3, -0.25) is 9.39 Å². The Labute approximate surface area is 186 Å². The first kappa shape index (κ1) is 21.1. The highest BCUT2D eigenvalue weighted by atomic mass is 127. The second kappa shape index (κ2) is 9.73. The highest BCUT2D eigenvalue weighted by Gasteiger charge is 2.13. The van der Waals surface area contributed by atoms with Gasteiger partial charge in [-0.1, -0.05) is 24.3 Å². The quantitative estimate of drug-likeness (QED) is 0.236. The number of para-hydroxylation sites is 1. The van der Waals surface area contributed by atoms with Crippen molar-refractivity contribution in [3.63, 3.8) is 0 Å². The van der Waals surface area contributed by atoms with Crippen LogP contribution in [0.15, 0.2) is 64.1 Å². The Bertz CT molecular complexity index is 1070. The van der Waals surface area contributed by atoms with E-state index in [2.05, 4.69) is 51.8 Å². The molecule has 1 atom stereocenters. The second-order valence-corrected chi connectivity index (χ2v) is 6.61. The number of rotatable bonds is 6. The van der Waals surface area contributed by atoms with E-state index >= 15 is 0 Å². The Morgan fingerprint density at radius 3 is 2.83 bits per heavy atom. The molecule has 152 valence electrons. The number of aromatic nitrogens is 3. The van der Waals surface area contributed by atoms with Crippen LogP contribution in [-0.4, -0.2) is 33.6 Å². The maximum Gasteiger partial charge on any atom is 0.191 e. The number of nitrogens with zero attached hydrogens (tertiary/aromatic N) is 4. The lowest BCUT2D eigenvalue weighted by atomic mass is 10.2. The molecule has 0 aliphatic heterocycles. The summed E-state index contributed by atoms with van der Waals surface area (Å²) < 4.78 is 7.95. The van der Waals surface area contributed by atoms with Gasteiger partial charge in [0, 0.05) is 31.1 Å². The van der Waals surface area contributed by atoms with Crippen LogP contribution < -0.4 is 10.6 Å².